The van der Waals surface area contributed by atoms with Crippen molar-refractivity contribution in [1.82, 2.24) is 36.0 Å². The molecule has 4 aromatic carbocycles. The van der Waals surface area contributed by atoms with Gasteiger partial charge in [0.25, 0.3) is 5.91 Å². The van der Waals surface area contributed by atoms with Crippen molar-refractivity contribution in [2.45, 2.75) is 95.2 Å². The lowest BCUT2D eigenvalue weighted by atomic mass is 9.83. The SMILES string of the molecule is CNC(C)C(=O)NC(C(=O)N1Cc2cc(NC(=O)CNC(=O)C3(C)CN(C(=O)CN4C[C@@H](C)NC[C@@H]4CN4CCOCC4C)c4cc(Cc5ccc(F)cc5)ccc43)ccc2[C@H]1C(=O)Nc1c(F)cccc1F)C1CCOCC1.Cl.Cl.Cl. The number of hydrogen-bond donors (Lipinski definition) is 6. The fourth-order valence-electron chi connectivity index (χ4n) is 11.5. The molecular formula is C58H74Cl3F3N10O8. The number of rotatable bonds is 17. The van der Waals surface area contributed by atoms with Gasteiger partial charge in [0.1, 0.15) is 35.2 Å². The molecule has 5 heterocycles. The number of anilines is 3. The summed E-state index contributed by atoms with van der Waals surface area (Å²) in [6.45, 7) is 12.0. The number of benzene rings is 4. The van der Waals surface area contributed by atoms with Crippen molar-refractivity contribution >= 4 is 89.7 Å². The van der Waals surface area contributed by atoms with Gasteiger partial charge in [0.05, 0.1) is 37.8 Å². The third-order valence-corrected chi connectivity index (χ3v) is 16.2. The molecular weight excluding hydrogens is 1130 g/mol. The predicted molar refractivity (Wildman–Crippen MR) is 312 cm³/mol. The Morgan fingerprint density at radius 2 is 1.55 bits per heavy atom. The van der Waals surface area contributed by atoms with Gasteiger partial charge in [-0.3, -0.25) is 38.6 Å². The molecule has 7 atom stereocenters. The summed E-state index contributed by atoms with van der Waals surface area (Å²) in [5.41, 5.74) is 2.00. The van der Waals surface area contributed by atoms with Crippen LogP contribution >= 0.6 is 37.2 Å². The number of morpholine rings is 1. The van der Waals surface area contributed by atoms with E-state index in [4.69, 9.17) is 9.47 Å². The standard InChI is InChI=1S/C58H71F3N10O8.3ClH/c1-34-28-69(43(26-63-34)30-68-19-22-79-32-35(68)2)31-50(73)71-33-58(4,45-16-11-38(24-48(45)71)23-37-9-12-41(59)13-10-37)57(77)64-27-49(72)65-42-14-15-44-40(25-42)29-70(53(44)55(75)67-52-46(60)7-6-8-47(52)61)56(76)51(39-17-20-78-21-18-39)66-54(74)36(3)62-5;;;/h6-16,24-25,34-36,39,43,51,53,62-63H,17-23,26-33H2,1-5H3,(H,64,77)(H,65,72)(H,66,74)(H,67,75);3*1H/t34-,35?,36?,43-,51?,53+,58?;;;/m1.../s1. The lowest BCUT2D eigenvalue weighted by Crippen LogP contribution is -2.62. The number of amides is 6. The average Bonchev–Trinajstić information content (AvgIpc) is 3.97. The summed E-state index contributed by atoms with van der Waals surface area (Å²) in [7, 11) is 1.61. The lowest BCUT2D eigenvalue weighted by molar-refractivity contribution is -0.144. The number of hydrogen-bond acceptors (Lipinski definition) is 12. The van der Waals surface area contributed by atoms with Crippen LogP contribution in [0.15, 0.2) is 78.9 Å². The van der Waals surface area contributed by atoms with Crippen LogP contribution in [0.3, 0.4) is 0 Å². The molecule has 6 amide bonds. The summed E-state index contributed by atoms with van der Waals surface area (Å²) >= 11 is 0. The highest BCUT2D eigenvalue weighted by atomic mass is 35.5. The van der Waals surface area contributed by atoms with E-state index in [2.05, 4.69) is 55.5 Å². The van der Waals surface area contributed by atoms with E-state index in [1.807, 2.05) is 18.2 Å². The molecule has 0 aliphatic carbocycles. The van der Waals surface area contributed by atoms with Crippen LogP contribution in [-0.4, -0.2) is 160 Å². The first-order valence-electron chi connectivity index (χ1n) is 27.2. The highest BCUT2D eigenvalue weighted by Gasteiger charge is 2.48. The van der Waals surface area contributed by atoms with Crippen LogP contribution in [0.2, 0.25) is 0 Å². The van der Waals surface area contributed by atoms with Gasteiger partial charge in [-0.15, -0.1) is 37.2 Å². The molecule has 5 aliphatic heterocycles. The number of ether oxygens (including phenoxy) is 2. The van der Waals surface area contributed by atoms with E-state index in [0.29, 0.717) is 81.2 Å². The zero-order valence-corrected chi connectivity index (χ0v) is 49.0. The van der Waals surface area contributed by atoms with E-state index in [-0.39, 0.29) is 98.3 Å². The van der Waals surface area contributed by atoms with Crippen molar-refractivity contribution in [2.75, 3.05) is 94.8 Å². The van der Waals surface area contributed by atoms with Gasteiger partial charge < -0.3 is 51.2 Å². The van der Waals surface area contributed by atoms with Crippen LogP contribution in [-0.2, 0) is 56.6 Å². The molecule has 0 spiro atoms. The summed E-state index contributed by atoms with van der Waals surface area (Å²) in [6, 6.07) is 17.0. The van der Waals surface area contributed by atoms with Crippen LogP contribution in [0.4, 0.5) is 30.2 Å². The van der Waals surface area contributed by atoms with E-state index in [1.54, 1.807) is 50.1 Å². The van der Waals surface area contributed by atoms with E-state index < -0.39 is 76.9 Å². The normalized spacial score (nSPS) is 22.4. The predicted octanol–water partition coefficient (Wildman–Crippen LogP) is 5.24. The van der Waals surface area contributed by atoms with E-state index in [0.717, 1.165) is 42.4 Å². The Bertz CT molecular complexity index is 2930. The first-order valence-corrected chi connectivity index (χ1v) is 27.2. The van der Waals surface area contributed by atoms with Crippen LogP contribution in [0.1, 0.15) is 74.4 Å². The van der Waals surface area contributed by atoms with Gasteiger partial charge in [0, 0.05) is 82.0 Å². The summed E-state index contributed by atoms with van der Waals surface area (Å²) in [6.07, 6.45) is 1.35. The Hall–Kier alpha value is -5.88. The fraction of sp³-hybridized carbons (Fsp3) is 0.483. The first kappa shape index (κ1) is 65.3. The van der Waals surface area contributed by atoms with Crippen LogP contribution in [0.5, 0.6) is 0 Å². The molecule has 3 fully saturated rings. The molecule has 5 aliphatic rings. The molecule has 0 bridgehead atoms. The van der Waals surface area contributed by atoms with Crippen molar-refractivity contribution in [1.29, 1.82) is 0 Å². The zero-order valence-electron chi connectivity index (χ0n) is 46.6. The highest BCUT2D eigenvalue weighted by Crippen LogP contribution is 2.43. The number of para-hydroxylation sites is 1. The average molecular weight is 1200 g/mol. The number of piperazine rings is 1. The lowest BCUT2D eigenvalue weighted by Gasteiger charge is -2.43. The second-order valence-corrected chi connectivity index (χ2v) is 21.8. The maximum absolute atomic E-state index is 14.9. The summed E-state index contributed by atoms with van der Waals surface area (Å²) in [4.78, 5) is 93.0. The monoisotopic (exact) mass is 1200 g/mol. The van der Waals surface area contributed by atoms with Gasteiger partial charge in [0.2, 0.25) is 29.5 Å². The van der Waals surface area contributed by atoms with Gasteiger partial charge in [0.15, 0.2) is 0 Å². The van der Waals surface area contributed by atoms with Crippen molar-refractivity contribution in [2.24, 2.45) is 5.92 Å². The van der Waals surface area contributed by atoms with Crippen molar-refractivity contribution in [3.8, 4) is 0 Å². The molecule has 0 saturated carbocycles. The Morgan fingerprint density at radius 1 is 0.841 bits per heavy atom. The van der Waals surface area contributed by atoms with E-state index in [1.165, 1.54) is 23.1 Å². The van der Waals surface area contributed by atoms with Crippen molar-refractivity contribution in [3.63, 3.8) is 0 Å². The van der Waals surface area contributed by atoms with Crippen molar-refractivity contribution < 1.29 is 51.4 Å². The largest absolute Gasteiger partial charge is 0.381 e. The number of carbonyl (C=O) groups is 6. The third kappa shape index (κ3) is 14.7. The molecule has 0 aromatic heterocycles. The second-order valence-electron chi connectivity index (χ2n) is 21.8. The molecule has 9 rings (SSSR count). The molecule has 3 saturated heterocycles. The van der Waals surface area contributed by atoms with Gasteiger partial charge in [-0.05, 0) is 130 Å². The zero-order chi connectivity index (χ0) is 56.1. The van der Waals surface area contributed by atoms with Gasteiger partial charge in [-0.1, -0.05) is 36.4 Å². The van der Waals surface area contributed by atoms with Crippen molar-refractivity contribution in [3.05, 3.63) is 124 Å². The minimum Gasteiger partial charge on any atom is -0.381 e. The summed E-state index contributed by atoms with van der Waals surface area (Å²) < 4.78 is 55.0. The van der Waals surface area contributed by atoms with E-state index in [9.17, 15) is 41.9 Å². The summed E-state index contributed by atoms with van der Waals surface area (Å²) in [5, 5.41) is 17.3. The van der Waals surface area contributed by atoms with Crippen LogP contribution in [0, 0.1) is 23.4 Å². The maximum atomic E-state index is 14.9. The number of carbonyl (C=O) groups excluding carboxylic acids is 6. The number of nitrogens with one attached hydrogen (secondary N) is 6. The number of halogens is 6. The third-order valence-electron chi connectivity index (χ3n) is 16.2. The number of nitrogens with zero attached hydrogens (tertiary/aromatic N) is 4. The topological polar surface area (TPSA) is 206 Å². The Balaban J connectivity index is 0.00000360. The second kappa shape index (κ2) is 28.6. The number of fused-ring (bicyclic) bond motifs is 2. The quantitative estimate of drug-likeness (QED) is 0.0804. The van der Waals surface area contributed by atoms with E-state index >= 15 is 0 Å². The molecule has 4 unspecified atom stereocenters. The van der Waals surface area contributed by atoms with Gasteiger partial charge >= 0.3 is 0 Å². The Labute approximate surface area is 494 Å². The molecule has 18 nitrogen and oxygen atoms in total. The molecule has 446 valence electrons. The highest BCUT2D eigenvalue weighted by molar-refractivity contribution is 6.05. The summed E-state index contributed by atoms with van der Waals surface area (Å²) in [5.74, 6) is -5.92. The Morgan fingerprint density at radius 3 is 2.24 bits per heavy atom. The minimum absolute atomic E-state index is 0. The minimum atomic E-state index is -1.40. The molecule has 82 heavy (non-hydrogen) atoms. The first-order chi connectivity index (χ1) is 37.9. The van der Waals surface area contributed by atoms with Crippen LogP contribution < -0.4 is 36.8 Å². The van der Waals surface area contributed by atoms with Gasteiger partial charge in [-0.25, -0.2) is 13.2 Å². The molecule has 6 N–H and O–H groups in total. The smallest absolute Gasteiger partial charge is 0.252 e. The maximum Gasteiger partial charge on any atom is 0.252 e. The molecule has 4 aromatic rings. The fourth-order valence-corrected chi connectivity index (χ4v) is 11.5. The van der Waals surface area contributed by atoms with Gasteiger partial charge in [-0.2, -0.15) is 0 Å². The molecule has 0 radical (unpaired) electrons. The Kier molecular flexibility index (Phi) is 22.8. The molecule has 24 heteroatoms. The van der Waals surface area contributed by atoms with Crippen LogP contribution in [0.25, 0.3) is 0 Å². The number of likely N-dealkylation sites (N-methyl/N-ethyl adjacent to an activating group) is 1.